The highest BCUT2D eigenvalue weighted by atomic mass is 32.1. The van der Waals surface area contributed by atoms with Crippen LogP contribution in [0, 0.1) is 0 Å². The predicted octanol–water partition coefficient (Wildman–Crippen LogP) is 0.737. The van der Waals surface area contributed by atoms with Crippen LogP contribution >= 0.6 is 12.6 Å². The summed E-state index contributed by atoms with van der Waals surface area (Å²) in [6.45, 7) is 4.95. The number of carbonyl (C=O) groups excluding carboxylic acids is 1. The minimum absolute atomic E-state index is 0.000519. The van der Waals surface area contributed by atoms with Gasteiger partial charge < -0.3 is 9.64 Å². The van der Waals surface area contributed by atoms with E-state index in [0.29, 0.717) is 30.4 Å². The molecule has 0 N–H and O–H groups in total. The second kappa shape index (κ2) is 6.63. The van der Waals surface area contributed by atoms with Gasteiger partial charge in [0, 0.05) is 31.2 Å². The van der Waals surface area contributed by atoms with Crippen molar-refractivity contribution in [1.82, 2.24) is 29.6 Å². The first-order valence-electron chi connectivity index (χ1n) is 7.36. The molecule has 122 valence electrons. The molecule has 2 unspecified atom stereocenters. The molecule has 1 aliphatic heterocycles. The molecule has 3 rings (SSSR count). The second-order valence-corrected chi connectivity index (χ2v) is 5.78. The number of amides is 1. The van der Waals surface area contributed by atoms with E-state index in [2.05, 4.69) is 32.7 Å². The van der Waals surface area contributed by atoms with E-state index in [1.807, 2.05) is 13.8 Å². The molecule has 2 atom stereocenters. The summed E-state index contributed by atoms with van der Waals surface area (Å²) >= 11 is 4.23. The molecule has 0 bridgehead atoms. The van der Waals surface area contributed by atoms with Crippen LogP contribution in [0.3, 0.4) is 0 Å². The molecule has 8 nitrogen and oxygen atoms in total. The average Bonchev–Trinajstić information content (AvgIpc) is 3.03. The van der Waals surface area contributed by atoms with Crippen molar-refractivity contribution in [3.05, 3.63) is 30.2 Å². The van der Waals surface area contributed by atoms with Crippen molar-refractivity contribution in [2.24, 2.45) is 0 Å². The highest BCUT2D eigenvalue weighted by Crippen LogP contribution is 2.14. The highest BCUT2D eigenvalue weighted by molar-refractivity contribution is 7.79. The first-order valence-corrected chi connectivity index (χ1v) is 7.99. The van der Waals surface area contributed by atoms with Crippen LogP contribution in [-0.2, 0) is 10.5 Å². The highest BCUT2D eigenvalue weighted by Gasteiger charge is 2.28. The van der Waals surface area contributed by atoms with Gasteiger partial charge in [0.05, 0.1) is 17.9 Å². The van der Waals surface area contributed by atoms with Crippen LogP contribution in [0.25, 0.3) is 5.82 Å². The number of hydrogen-bond acceptors (Lipinski definition) is 7. The van der Waals surface area contributed by atoms with Gasteiger partial charge in [0.1, 0.15) is 6.33 Å². The Bertz CT molecular complexity index is 696. The van der Waals surface area contributed by atoms with Crippen LogP contribution in [0.2, 0.25) is 0 Å². The zero-order valence-corrected chi connectivity index (χ0v) is 13.8. The average molecular weight is 334 g/mol. The topological polar surface area (TPSA) is 86.0 Å². The molecule has 9 heteroatoms. The molecule has 0 saturated carbocycles. The summed E-state index contributed by atoms with van der Waals surface area (Å²) in [4.78, 5) is 26.8. The zero-order valence-electron chi connectivity index (χ0n) is 13.0. The lowest BCUT2D eigenvalue weighted by Gasteiger charge is -2.34. The molecule has 0 aromatic carbocycles. The van der Waals surface area contributed by atoms with E-state index in [1.165, 1.54) is 11.0 Å². The fourth-order valence-electron chi connectivity index (χ4n) is 2.61. The number of nitrogens with zero attached hydrogens (tertiary/aromatic N) is 6. The Labute approximate surface area is 139 Å². The standard InChI is InChI=1S/C14H18N6O2S/c1-9-5-19(6-10(2)22-9)14(21)12-17-8-20(18-12)13-11(7-23)15-3-4-16-13/h3-4,8-10,23H,5-7H2,1-2H3. The van der Waals surface area contributed by atoms with Crippen LogP contribution in [0.1, 0.15) is 30.2 Å². The SMILES string of the molecule is CC1CN(C(=O)c2ncn(-c3nccnc3CS)n2)CC(C)O1. The molecule has 0 radical (unpaired) electrons. The predicted molar refractivity (Wildman–Crippen MR) is 85.6 cm³/mol. The number of rotatable bonds is 3. The molecule has 1 amide bonds. The van der Waals surface area contributed by atoms with Gasteiger partial charge in [-0.1, -0.05) is 0 Å². The molecule has 1 saturated heterocycles. The van der Waals surface area contributed by atoms with Crippen molar-refractivity contribution in [2.45, 2.75) is 31.8 Å². The molecule has 0 spiro atoms. The maximum Gasteiger partial charge on any atom is 0.293 e. The number of carbonyl (C=O) groups is 1. The van der Waals surface area contributed by atoms with Crippen molar-refractivity contribution in [3.8, 4) is 5.82 Å². The summed E-state index contributed by atoms with van der Waals surface area (Å²) in [6, 6.07) is 0. The number of aromatic nitrogens is 5. The molecule has 2 aromatic rings. The molecule has 3 heterocycles. The molecule has 1 fully saturated rings. The van der Waals surface area contributed by atoms with Crippen LogP contribution in [-0.4, -0.2) is 60.8 Å². The summed E-state index contributed by atoms with van der Waals surface area (Å²) in [6.07, 6.45) is 4.63. The van der Waals surface area contributed by atoms with E-state index in [-0.39, 0.29) is 23.9 Å². The lowest BCUT2D eigenvalue weighted by molar-refractivity contribution is -0.0588. The van der Waals surface area contributed by atoms with Gasteiger partial charge in [-0.25, -0.2) is 9.97 Å². The van der Waals surface area contributed by atoms with Gasteiger partial charge in [-0.2, -0.15) is 17.3 Å². The van der Waals surface area contributed by atoms with Gasteiger partial charge in [-0.05, 0) is 13.8 Å². The van der Waals surface area contributed by atoms with Gasteiger partial charge in [-0.3, -0.25) is 9.78 Å². The molecular weight excluding hydrogens is 316 g/mol. The zero-order chi connectivity index (χ0) is 16.4. The maximum absolute atomic E-state index is 12.6. The first kappa shape index (κ1) is 15.9. The second-order valence-electron chi connectivity index (χ2n) is 5.46. The van der Waals surface area contributed by atoms with Crippen molar-refractivity contribution in [3.63, 3.8) is 0 Å². The van der Waals surface area contributed by atoms with Crippen molar-refractivity contribution < 1.29 is 9.53 Å². The van der Waals surface area contributed by atoms with E-state index in [9.17, 15) is 4.79 Å². The Morgan fingerprint density at radius 2 is 1.96 bits per heavy atom. The van der Waals surface area contributed by atoms with Crippen molar-refractivity contribution in [1.29, 1.82) is 0 Å². The lowest BCUT2D eigenvalue weighted by atomic mass is 10.2. The van der Waals surface area contributed by atoms with Crippen molar-refractivity contribution >= 4 is 18.5 Å². The Balaban J connectivity index is 1.83. The van der Waals surface area contributed by atoms with E-state index < -0.39 is 0 Å². The molecule has 2 aromatic heterocycles. The normalized spacial score (nSPS) is 21.4. The number of morpholine rings is 1. The van der Waals surface area contributed by atoms with Crippen molar-refractivity contribution in [2.75, 3.05) is 13.1 Å². The Hall–Kier alpha value is -2.00. The van der Waals surface area contributed by atoms with Gasteiger partial charge in [0.25, 0.3) is 5.91 Å². The van der Waals surface area contributed by atoms with Gasteiger partial charge >= 0.3 is 0 Å². The van der Waals surface area contributed by atoms with Gasteiger partial charge in [0.15, 0.2) is 5.82 Å². The molecule has 0 aliphatic carbocycles. The third kappa shape index (κ3) is 3.35. The summed E-state index contributed by atoms with van der Waals surface area (Å²) < 4.78 is 7.10. The number of ether oxygens (including phenoxy) is 1. The van der Waals surface area contributed by atoms with E-state index in [1.54, 1.807) is 17.3 Å². The first-order chi connectivity index (χ1) is 11.1. The quantitative estimate of drug-likeness (QED) is 0.833. The smallest absolute Gasteiger partial charge is 0.293 e. The van der Waals surface area contributed by atoms with Crippen LogP contribution in [0.15, 0.2) is 18.7 Å². The van der Waals surface area contributed by atoms with Gasteiger partial charge in [-0.15, -0.1) is 5.10 Å². The maximum atomic E-state index is 12.6. The number of thiol groups is 1. The van der Waals surface area contributed by atoms with E-state index in [0.717, 1.165) is 0 Å². The minimum Gasteiger partial charge on any atom is -0.372 e. The summed E-state index contributed by atoms with van der Waals surface area (Å²) in [5, 5.41) is 4.25. The summed E-state index contributed by atoms with van der Waals surface area (Å²) in [5.41, 5.74) is 0.674. The summed E-state index contributed by atoms with van der Waals surface area (Å²) in [7, 11) is 0. The largest absolute Gasteiger partial charge is 0.372 e. The van der Waals surface area contributed by atoms with Crippen LogP contribution in [0.5, 0.6) is 0 Å². The molecular formula is C14H18N6O2S. The monoisotopic (exact) mass is 334 g/mol. The molecule has 1 aliphatic rings. The van der Waals surface area contributed by atoms with Crippen LogP contribution < -0.4 is 0 Å². The van der Waals surface area contributed by atoms with E-state index in [4.69, 9.17) is 4.74 Å². The third-order valence-corrected chi connectivity index (χ3v) is 3.81. The lowest BCUT2D eigenvalue weighted by Crippen LogP contribution is -2.48. The summed E-state index contributed by atoms with van der Waals surface area (Å²) in [5.74, 6) is 0.882. The van der Waals surface area contributed by atoms with Crippen LogP contribution in [0.4, 0.5) is 0 Å². The number of hydrogen-bond donors (Lipinski definition) is 1. The fraction of sp³-hybridized carbons (Fsp3) is 0.500. The van der Waals surface area contributed by atoms with E-state index >= 15 is 0 Å². The third-order valence-electron chi connectivity index (χ3n) is 3.51. The Kier molecular flexibility index (Phi) is 4.58. The molecule has 23 heavy (non-hydrogen) atoms. The fourth-order valence-corrected chi connectivity index (χ4v) is 2.83. The minimum atomic E-state index is -0.206. The Morgan fingerprint density at radius 1 is 1.26 bits per heavy atom. The Morgan fingerprint density at radius 3 is 2.65 bits per heavy atom. The van der Waals surface area contributed by atoms with Gasteiger partial charge in [0.2, 0.25) is 5.82 Å².